The van der Waals surface area contributed by atoms with E-state index in [4.69, 9.17) is 16.2 Å². The van der Waals surface area contributed by atoms with Crippen LogP contribution < -0.4 is 11.5 Å². The maximum Gasteiger partial charge on any atom is 0.306 e. The van der Waals surface area contributed by atoms with Gasteiger partial charge in [-0.1, -0.05) is 12.8 Å². The SMILES string of the molecule is CC(N)C(N)CCCCCC(=O)OC(C)(C)C. The fraction of sp³-hybridized carbons (Fsp3) is 0.923. The number of nitrogens with two attached hydrogens (primary N) is 2. The summed E-state index contributed by atoms with van der Waals surface area (Å²) in [5, 5.41) is 0. The second-order valence-electron chi connectivity index (χ2n) is 5.71. The molecule has 0 aromatic heterocycles. The third kappa shape index (κ3) is 10.3. The molecule has 4 heteroatoms. The molecule has 0 aliphatic carbocycles. The fourth-order valence-corrected chi connectivity index (χ4v) is 1.48. The smallest absolute Gasteiger partial charge is 0.306 e. The summed E-state index contributed by atoms with van der Waals surface area (Å²) in [6.45, 7) is 7.57. The molecule has 0 fully saturated rings. The van der Waals surface area contributed by atoms with E-state index in [2.05, 4.69) is 0 Å². The molecular weight excluding hydrogens is 216 g/mol. The Labute approximate surface area is 105 Å². The maximum absolute atomic E-state index is 11.4. The molecule has 0 aliphatic rings. The van der Waals surface area contributed by atoms with Crippen molar-refractivity contribution in [2.24, 2.45) is 11.5 Å². The van der Waals surface area contributed by atoms with Gasteiger partial charge in [0.2, 0.25) is 0 Å². The van der Waals surface area contributed by atoms with E-state index < -0.39 is 0 Å². The van der Waals surface area contributed by atoms with Gasteiger partial charge in [0.15, 0.2) is 0 Å². The summed E-state index contributed by atoms with van der Waals surface area (Å²) in [4.78, 5) is 11.4. The molecule has 17 heavy (non-hydrogen) atoms. The van der Waals surface area contributed by atoms with Crippen molar-refractivity contribution in [3.05, 3.63) is 0 Å². The van der Waals surface area contributed by atoms with Gasteiger partial charge in [0.25, 0.3) is 0 Å². The monoisotopic (exact) mass is 244 g/mol. The number of hydrogen-bond donors (Lipinski definition) is 2. The Kier molecular flexibility index (Phi) is 7.39. The number of carbonyl (C=O) groups is 1. The Morgan fingerprint density at radius 1 is 1.18 bits per heavy atom. The van der Waals surface area contributed by atoms with E-state index in [0.29, 0.717) is 6.42 Å². The lowest BCUT2D eigenvalue weighted by atomic mass is 10.0. The van der Waals surface area contributed by atoms with Gasteiger partial charge in [0.05, 0.1) is 0 Å². The van der Waals surface area contributed by atoms with Gasteiger partial charge in [0.1, 0.15) is 5.60 Å². The molecule has 0 aromatic carbocycles. The lowest BCUT2D eigenvalue weighted by Crippen LogP contribution is -2.38. The maximum atomic E-state index is 11.4. The van der Waals surface area contributed by atoms with Crippen molar-refractivity contribution in [3.8, 4) is 0 Å². The molecule has 0 saturated carbocycles. The number of ether oxygens (including phenoxy) is 1. The predicted octanol–water partition coefficient (Wildman–Crippen LogP) is 1.95. The largest absolute Gasteiger partial charge is 0.460 e. The highest BCUT2D eigenvalue weighted by molar-refractivity contribution is 5.69. The lowest BCUT2D eigenvalue weighted by Gasteiger charge is -2.19. The zero-order valence-corrected chi connectivity index (χ0v) is 11.7. The van der Waals surface area contributed by atoms with Crippen molar-refractivity contribution in [1.82, 2.24) is 0 Å². The van der Waals surface area contributed by atoms with Crippen LogP contribution in [0, 0.1) is 0 Å². The molecule has 102 valence electrons. The Balaban J connectivity index is 3.49. The first-order valence-electron chi connectivity index (χ1n) is 6.45. The Bertz CT molecular complexity index is 222. The van der Waals surface area contributed by atoms with Crippen LogP contribution in [0.4, 0.5) is 0 Å². The van der Waals surface area contributed by atoms with Crippen LogP contribution in [-0.2, 0) is 9.53 Å². The normalized spacial score (nSPS) is 15.4. The van der Waals surface area contributed by atoms with Crippen LogP contribution >= 0.6 is 0 Å². The van der Waals surface area contributed by atoms with Crippen molar-refractivity contribution in [1.29, 1.82) is 0 Å². The molecule has 0 radical (unpaired) electrons. The van der Waals surface area contributed by atoms with Crippen LogP contribution in [0.1, 0.15) is 59.8 Å². The van der Waals surface area contributed by atoms with Crippen LogP contribution in [0.2, 0.25) is 0 Å². The number of hydrogen-bond acceptors (Lipinski definition) is 4. The Morgan fingerprint density at radius 2 is 1.76 bits per heavy atom. The molecule has 0 aromatic rings. The number of rotatable bonds is 7. The molecule has 0 aliphatic heterocycles. The summed E-state index contributed by atoms with van der Waals surface area (Å²) in [5.74, 6) is -0.117. The zero-order chi connectivity index (χ0) is 13.5. The van der Waals surface area contributed by atoms with Crippen LogP contribution in [0.3, 0.4) is 0 Å². The minimum Gasteiger partial charge on any atom is -0.460 e. The standard InChI is InChI=1S/C13H28N2O2/c1-10(14)11(15)8-6-5-7-9-12(16)17-13(2,3)4/h10-11H,5-9,14-15H2,1-4H3. The fourth-order valence-electron chi connectivity index (χ4n) is 1.48. The van der Waals surface area contributed by atoms with Crippen molar-refractivity contribution in [2.45, 2.75) is 77.5 Å². The van der Waals surface area contributed by atoms with E-state index in [1.165, 1.54) is 0 Å². The molecule has 4 N–H and O–H groups in total. The summed E-state index contributed by atoms with van der Waals surface area (Å²) in [5.41, 5.74) is 11.1. The average molecular weight is 244 g/mol. The van der Waals surface area contributed by atoms with Gasteiger partial charge in [0, 0.05) is 18.5 Å². The second-order valence-corrected chi connectivity index (χ2v) is 5.71. The molecule has 0 amide bonds. The Morgan fingerprint density at radius 3 is 2.24 bits per heavy atom. The molecule has 0 rings (SSSR count). The first-order valence-corrected chi connectivity index (χ1v) is 6.45. The molecule has 2 atom stereocenters. The second kappa shape index (κ2) is 7.67. The van der Waals surface area contributed by atoms with E-state index >= 15 is 0 Å². The third-order valence-corrected chi connectivity index (χ3v) is 2.51. The van der Waals surface area contributed by atoms with E-state index in [0.717, 1.165) is 25.7 Å². The van der Waals surface area contributed by atoms with Gasteiger partial charge < -0.3 is 16.2 Å². The van der Waals surface area contributed by atoms with E-state index in [1.807, 2.05) is 27.7 Å². The first kappa shape index (κ1) is 16.4. The van der Waals surface area contributed by atoms with Gasteiger partial charge in [-0.2, -0.15) is 0 Å². The predicted molar refractivity (Wildman–Crippen MR) is 70.6 cm³/mol. The van der Waals surface area contributed by atoms with E-state index in [1.54, 1.807) is 0 Å². The van der Waals surface area contributed by atoms with Gasteiger partial charge >= 0.3 is 5.97 Å². The van der Waals surface area contributed by atoms with Gasteiger partial charge in [-0.15, -0.1) is 0 Å². The third-order valence-electron chi connectivity index (χ3n) is 2.51. The van der Waals surface area contributed by atoms with Crippen LogP contribution in [0.15, 0.2) is 0 Å². The van der Waals surface area contributed by atoms with Crippen LogP contribution in [-0.4, -0.2) is 23.7 Å². The van der Waals surface area contributed by atoms with Gasteiger partial charge in [-0.3, -0.25) is 4.79 Å². The molecular formula is C13H28N2O2. The van der Waals surface area contributed by atoms with Crippen molar-refractivity contribution in [3.63, 3.8) is 0 Å². The number of carbonyl (C=O) groups excluding carboxylic acids is 1. The number of unbranched alkanes of at least 4 members (excludes halogenated alkanes) is 2. The molecule has 0 spiro atoms. The summed E-state index contributed by atoms with van der Waals surface area (Å²) >= 11 is 0. The quantitative estimate of drug-likeness (QED) is 0.530. The summed E-state index contributed by atoms with van der Waals surface area (Å²) in [6.07, 6.45) is 4.29. The van der Waals surface area contributed by atoms with E-state index in [-0.39, 0.29) is 23.7 Å². The summed E-state index contributed by atoms with van der Waals surface area (Å²) in [7, 11) is 0. The topological polar surface area (TPSA) is 78.3 Å². The van der Waals surface area contributed by atoms with Crippen molar-refractivity contribution < 1.29 is 9.53 Å². The molecule has 0 heterocycles. The molecule has 0 saturated heterocycles. The zero-order valence-electron chi connectivity index (χ0n) is 11.7. The lowest BCUT2D eigenvalue weighted by molar-refractivity contribution is -0.154. The highest BCUT2D eigenvalue weighted by atomic mass is 16.6. The highest BCUT2D eigenvalue weighted by Gasteiger charge is 2.15. The first-order chi connectivity index (χ1) is 7.72. The van der Waals surface area contributed by atoms with Crippen LogP contribution in [0.25, 0.3) is 0 Å². The van der Waals surface area contributed by atoms with Gasteiger partial charge in [-0.25, -0.2) is 0 Å². The molecule has 4 nitrogen and oxygen atoms in total. The van der Waals surface area contributed by atoms with Crippen molar-refractivity contribution >= 4 is 5.97 Å². The minimum atomic E-state index is -0.381. The molecule has 2 unspecified atom stereocenters. The minimum absolute atomic E-state index is 0.0425. The average Bonchev–Trinajstić information content (AvgIpc) is 2.13. The Hall–Kier alpha value is -0.610. The van der Waals surface area contributed by atoms with E-state index in [9.17, 15) is 4.79 Å². The number of esters is 1. The van der Waals surface area contributed by atoms with Gasteiger partial charge in [-0.05, 0) is 40.5 Å². The van der Waals surface area contributed by atoms with Crippen molar-refractivity contribution in [2.75, 3.05) is 0 Å². The van der Waals surface area contributed by atoms with Crippen LogP contribution in [0.5, 0.6) is 0 Å². The summed E-state index contributed by atoms with van der Waals surface area (Å²) < 4.78 is 5.22. The summed E-state index contributed by atoms with van der Waals surface area (Å²) in [6, 6.07) is 0.109. The highest BCUT2D eigenvalue weighted by Crippen LogP contribution is 2.11. The molecule has 0 bridgehead atoms.